The van der Waals surface area contributed by atoms with Gasteiger partial charge < -0.3 is 5.32 Å². The maximum Gasteiger partial charge on any atom is 0.0650 e. The molecular formula is C16H31N3. The highest BCUT2D eigenvalue weighted by molar-refractivity contribution is 5.12. The van der Waals surface area contributed by atoms with Gasteiger partial charge in [-0.05, 0) is 44.2 Å². The van der Waals surface area contributed by atoms with E-state index in [2.05, 4.69) is 43.2 Å². The first-order valence-corrected chi connectivity index (χ1v) is 8.44. The molecule has 0 amide bonds. The summed E-state index contributed by atoms with van der Waals surface area (Å²) in [5.41, 5.74) is 0. The quantitative estimate of drug-likeness (QED) is 0.818. The molecule has 3 nitrogen and oxygen atoms in total. The van der Waals surface area contributed by atoms with Crippen LogP contribution < -0.4 is 10.6 Å². The second-order valence-electron chi connectivity index (χ2n) is 7.04. The number of fused-ring (bicyclic) bond motifs is 3. The molecule has 6 atom stereocenters. The van der Waals surface area contributed by atoms with E-state index in [1.54, 1.807) is 0 Å². The molecule has 0 aromatic carbocycles. The van der Waals surface area contributed by atoms with Gasteiger partial charge in [0.1, 0.15) is 0 Å². The van der Waals surface area contributed by atoms with Gasteiger partial charge in [0.15, 0.2) is 0 Å². The Labute approximate surface area is 118 Å². The monoisotopic (exact) mass is 265 g/mol. The minimum absolute atomic E-state index is 0.628. The summed E-state index contributed by atoms with van der Waals surface area (Å²) in [7, 11) is 0. The minimum Gasteiger partial charge on any atom is -0.312 e. The van der Waals surface area contributed by atoms with Gasteiger partial charge in [-0.2, -0.15) is 0 Å². The van der Waals surface area contributed by atoms with Crippen LogP contribution >= 0.6 is 0 Å². The molecule has 0 aromatic heterocycles. The van der Waals surface area contributed by atoms with Crippen LogP contribution in [0.25, 0.3) is 0 Å². The molecule has 3 saturated heterocycles. The van der Waals surface area contributed by atoms with Crippen molar-refractivity contribution in [2.45, 2.75) is 71.2 Å². The van der Waals surface area contributed by atoms with Crippen molar-refractivity contribution in [2.75, 3.05) is 13.1 Å². The van der Waals surface area contributed by atoms with E-state index in [0.29, 0.717) is 6.17 Å². The molecule has 3 fully saturated rings. The number of hydrogen-bond acceptors (Lipinski definition) is 3. The van der Waals surface area contributed by atoms with Crippen molar-refractivity contribution in [1.82, 2.24) is 15.5 Å². The molecule has 3 rings (SSSR count). The van der Waals surface area contributed by atoms with E-state index in [4.69, 9.17) is 0 Å². The highest BCUT2D eigenvalue weighted by Crippen LogP contribution is 2.46. The molecular weight excluding hydrogens is 234 g/mol. The van der Waals surface area contributed by atoms with Gasteiger partial charge in [0.25, 0.3) is 0 Å². The first-order chi connectivity index (χ1) is 9.19. The fraction of sp³-hybridized carbons (Fsp3) is 1.00. The number of nitrogens with one attached hydrogen (secondary N) is 2. The van der Waals surface area contributed by atoms with E-state index in [9.17, 15) is 0 Å². The Morgan fingerprint density at radius 3 is 2.68 bits per heavy atom. The molecule has 0 aromatic rings. The van der Waals surface area contributed by atoms with Crippen molar-refractivity contribution < 1.29 is 0 Å². The normalized spacial score (nSPS) is 46.6. The maximum atomic E-state index is 3.97. The van der Waals surface area contributed by atoms with Crippen LogP contribution in [-0.2, 0) is 0 Å². The third-order valence-electron chi connectivity index (χ3n) is 5.89. The fourth-order valence-electron chi connectivity index (χ4n) is 5.31. The Hall–Kier alpha value is -0.120. The number of nitrogens with zero attached hydrogens (tertiary/aromatic N) is 1. The standard InChI is InChI=1S/C16H31N3/c1-5-12-13(10(3)4)14-15-11(8-7-9-17-15)18-16(14)19(12)6-2/h10-18H,5-9H2,1-4H3. The van der Waals surface area contributed by atoms with Gasteiger partial charge in [-0.25, -0.2) is 0 Å². The van der Waals surface area contributed by atoms with Gasteiger partial charge in [0.05, 0.1) is 6.17 Å². The van der Waals surface area contributed by atoms with Crippen LogP contribution in [0.3, 0.4) is 0 Å². The van der Waals surface area contributed by atoms with E-state index in [1.807, 2.05) is 0 Å². The second-order valence-corrected chi connectivity index (χ2v) is 7.04. The summed E-state index contributed by atoms with van der Waals surface area (Å²) < 4.78 is 0. The van der Waals surface area contributed by atoms with Gasteiger partial charge >= 0.3 is 0 Å². The van der Waals surface area contributed by atoms with Crippen molar-refractivity contribution in [3.05, 3.63) is 0 Å². The minimum atomic E-state index is 0.628. The van der Waals surface area contributed by atoms with Gasteiger partial charge in [0, 0.05) is 24.0 Å². The first-order valence-electron chi connectivity index (χ1n) is 8.44. The largest absolute Gasteiger partial charge is 0.312 e. The molecule has 3 aliphatic heterocycles. The summed E-state index contributed by atoms with van der Waals surface area (Å²) in [6, 6.07) is 2.21. The predicted octanol–water partition coefficient (Wildman–Crippen LogP) is 2.04. The molecule has 3 heterocycles. The molecule has 0 saturated carbocycles. The van der Waals surface area contributed by atoms with Crippen LogP contribution in [0.1, 0.15) is 47.0 Å². The lowest BCUT2D eigenvalue weighted by Crippen LogP contribution is -2.51. The van der Waals surface area contributed by atoms with Crippen LogP contribution in [0.15, 0.2) is 0 Å². The van der Waals surface area contributed by atoms with E-state index in [0.717, 1.165) is 35.9 Å². The zero-order chi connectivity index (χ0) is 13.6. The van der Waals surface area contributed by atoms with E-state index >= 15 is 0 Å². The van der Waals surface area contributed by atoms with Crippen molar-refractivity contribution >= 4 is 0 Å². The van der Waals surface area contributed by atoms with Crippen molar-refractivity contribution in [3.8, 4) is 0 Å². The lowest BCUT2D eigenvalue weighted by atomic mass is 9.75. The zero-order valence-corrected chi connectivity index (χ0v) is 13.0. The molecule has 0 bridgehead atoms. The Kier molecular flexibility index (Phi) is 3.89. The molecule has 3 heteroatoms. The zero-order valence-electron chi connectivity index (χ0n) is 13.0. The molecule has 6 unspecified atom stereocenters. The summed E-state index contributed by atoms with van der Waals surface area (Å²) in [4.78, 5) is 2.76. The van der Waals surface area contributed by atoms with Crippen LogP contribution in [0.4, 0.5) is 0 Å². The van der Waals surface area contributed by atoms with Gasteiger partial charge in [-0.1, -0.05) is 27.7 Å². The molecule has 110 valence electrons. The van der Waals surface area contributed by atoms with Crippen LogP contribution in [0.5, 0.6) is 0 Å². The lowest BCUT2D eigenvalue weighted by molar-refractivity contribution is 0.144. The smallest absolute Gasteiger partial charge is 0.0650 e. The van der Waals surface area contributed by atoms with E-state index in [-0.39, 0.29) is 0 Å². The van der Waals surface area contributed by atoms with E-state index in [1.165, 1.54) is 32.4 Å². The number of likely N-dealkylation sites (tertiary alicyclic amines) is 1. The fourth-order valence-corrected chi connectivity index (χ4v) is 5.31. The Morgan fingerprint density at radius 1 is 1.26 bits per heavy atom. The van der Waals surface area contributed by atoms with Crippen molar-refractivity contribution in [2.24, 2.45) is 17.8 Å². The molecule has 2 N–H and O–H groups in total. The lowest BCUT2D eigenvalue weighted by Gasteiger charge is -2.37. The summed E-state index contributed by atoms with van der Waals surface area (Å²) in [6.07, 6.45) is 4.62. The highest BCUT2D eigenvalue weighted by atomic mass is 15.4. The van der Waals surface area contributed by atoms with Gasteiger partial charge in [-0.3, -0.25) is 10.2 Å². The van der Waals surface area contributed by atoms with Crippen LogP contribution in [0.2, 0.25) is 0 Å². The molecule has 0 spiro atoms. The maximum absolute atomic E-state index is 3.97. The second kappa shape index (κ2) is 5.34. The molecule has 0 radical (unpaired) electrons. The topological polar surface area (TPSA) is 27.3 Å². The highest BCUT2D eigenvalue weighted by Gasteiger charge is 2.57. The number of hydrogen-bond donors (Lipinski definition) is 2. The van der Waals surface area contributed by atoms with Gasteiger partial charge in [0.2, 0.25) is 0 Å². The average molecular weight is 265 g/mol. The Bertz CT molecular complexity index is 317. The summed E-state index contributed by atoms with van der Waals surface area (Å²) >= 11 is 0. The predicted molar refractivity (Wildman–Crippen MR) is 80.0 cm³/mol. The molecule has 0 aliphatic carbocycles. The van der Waals surface area contributed by atoms with Crippen molar-refractivity contribution in [3.63, 3.8) is 0 Å². The summed E-state index contributed by atoms with van der Waals surface area (Å²) in [5, 5.41) is 7.81. The van der Waals surface area contributed by atoms with E-state index < -0.39 is 0 Å². The number of piperidine rings is 1. The third-order valence-corrected chi connectivity index (χ3v) is 5.89. The average Bonchev–Trinajstić information content (AvgIpc) is 2.91. The molecule has 19 heavy (non-hydrogen) atoms. The number of rotatable bonds is 3. The van der Waals surface area contributed by atoms with Gasteiger partial charge in [-0.15, -0.1) is 0 Å². The molecule has 3 aliphatic rings. The summed E-state index contributed by atoms with van der Waals surface area (Å²) in [6.45, 7) is 12.0. The Morgan fingerprint density at radius 2 is 2.05 bits per heavy atom. The summed E-state index contributed by atoms with van der Waals surface area (Å²) in [5.74, 6) is 2.46. The van der Waals surface area contributed by atoms with Crippen molar-refractivity contribution in [1.29, 1.82) is 0 Å². The Balaban J connectivity index is 1.90. The first kappa shape index (κ1) is 13.8. The third kappa shape index (κ3) is 2.05. The van der Waals surface area contributed by atoms with Crippen LogP contribution in [-0.4, -0.2) is 42.3 Å². The SMILES string of the molecule is CCC1C(C(C)C)C2C3NCCCC3NC2N1CC. The van der Waals surface area contributed by atoms with Crippen LogP contribution in [0, 0.1) is 17.8 Å².